The summed E-state index contributed by atoms with van der Waals surface area (Å²) in [6, 6.07) is 15.6. The van der Waals surface area contributed by atoms with Crippen LogP contribution in [0.5, 0.6) is 11.5 Å². The van der Waals surface area contributed by atoms with Gasteiger partial charge in [-0.15, -0.1) is 0 Å². The van der Waals surface area contributed by atoms with Gasteiger partial charge in [0.15, 0.2) is 12.9 Å². The van der Waals surface area contributed by atoms with Crippen molar-refractivity contribution in [3.05, 3.63) is 59.7 Å². The second-order valence-corrected chi connectivity index (χ2v) is 7.21. The zero-order valence-electron chi connectivity index (χ0n) is 15.6. The summed E-state index contributed by atoms with van der Waals surface area (Å²) in [7, 11) is 1.66. The molecule has 0 saturated heterocycles. The number of methoxy groups -OCH3 is 1. The number of carbonyl (C=O) groups is 1. The van der Waals surface area contributed by atoms with Gasteiger partial charge in [-0.1, -0.05) is 49.6 Å². The maximum Gasteiger partial charge on any atom is 0.254 e. The van der Waals surface area contributed by atoms with E-state index < -0.39 is 6.10 Å². The second-order valence-electron chi connectivity index (χ2n) is 7.21. The van der Waals surface area contributed by atoms with Crippen LogP contribution >= 0.6 is 0 Å². The van der Waals surface area contributed by atoms with Crippen LogP contribution in [0.2, 0.25) is 0 Å². The van der Waals surface area contributed by atoms with Gasteiger partial charge in [-0.3, -0.25) is 4.79 Å². The molecule has 0 spiro atoms. The first-order chi connectivity index (χ1) is 13.2. The monoisotopic (exact) mass is 367 g/mol. The molecular weight excluding hydrogens is 342 g/mol. The van der Waals surface area contributed by atoms with Gasteiger partial charge in [0.1, 0.15) is 11.5 Å². The maximum absolute atomic E-state index is 13.2. The van der Waals surface area contributed by atoms with Crippen LogP contribution in [0.3, 0.4) is 0 Å². The minimum atomic E-state index is -0.646. The van der Waals surface area contributed by atoms with Crippen molar-refractivity contribution in [3.63, 3.8) is 0 Å². The van der Waals surface area contributed by atoms with Gasteiger partial charge >= 0.3 is 0 Å². The lowest BCUT2D eigenvalue weighted by Crippen LogP contribution is -2.49. The Bertz CT molecular complexity index is 796. The van der Waals surface area contributed by atoms with Crippen molar-refractivity contribution in [2.24, 2.45) is 0 Å². The second kappa shape index (κ2) is 7.61. The van der Waals surface area contributed by atoms with Crippen molar-refractivity contribution in [1.29, 1.82) is 0 Å². The highest BCUT2D eigenvalue weighted by Gasteiger charge is 2.39. The number of fused-ring (bicyclic) bond motifs is 1. The average molecular weight is 367 g/mol. The van der Waals surface area contributed by atoms with Gasteiger partial charge in [0.25, 0.3) is 5.91 Å². The van der Waals surface area contributed by atoms with Crippen LogP contribution in [-0.4, -0.2) is 19.8 Å². The fourth-order valence-electron chi connectivity index (χ4n) is 4.15. The van der Waals surface area contributed by atoms with Crippen LogP contribution in [-0.2, 0) is 15.1 Å². The molecule has 0 unspecified atom stereocenters. The molecule has 5 nitrogen and oxygen atoms in total. The van der Waals surface area contributed by atoms with E-state index in [4.69, 9.17) is 14.2 Å². The lowest BCUT2D eigenvalue weighted by molar-refractivity contribution is -0.144. The van der Waals surface area contributed by atoms with E-state index in [1.165, 1.54) is 6.42 Å². The van der Waals surface area contributed by atoms with E-state index in [1.807, 2.05) is 36.4 Å². The highest BCUT2D eigenvalue weighted by Crippen LogP contribution is 2.39. The molecule has 1 aliphatic heterocycles. The fraction of sp³-hybridized carbons (Fsp3) is 0.409. The molecule has 1 heterocycles. The number of amides is 1. The maximum atomic E-state index is 13.2. The van der Waals surface area contributed by atoms with Crippen molar-refractivity contribution in [1.82, 2.24) is 5.32 Å². The molecule has 1 atom stereocenters. The molecule has 2 aromatic carbocycles. The molecule has 0 radical (unpaired) electrons. The molecule has 4 rings (SSSR count). The molecule has 0 aromatic heterocycles. The van der Waals surface area contributed by atoms with E-state index in [0.717, 1.165) is 42.6 Å². The Kier molecular flexibility index (Phi) is 5.03. The third kappa shape index (κ3) is 3.52. The number of carbonyl (C=O) groups excluding carboxylic acids is 1. The number of nitrogens with one attached hydrogen (secondary N) is 1. The summed E-state index contributed by atoms with van der Waals surface area (Å²) in [6.45, 7) is 0.0879. The SMILES string of the molecule is COc1ccc(C2(NC(=O)[C@H]3OCOc4ccccc43)CCCCC2)cc1. The molecule has 142 valence electrons. The Labute approximate surface area is 159 Å². The highest BCUT2D eigenvalue weighted by molar-refractivity contribution is 5.84. The summed E-state index contributed by atoms with van der Waals surface area (Å²) in [5, 5.41) is 3.34. The minimum absolute atomic E-state index is 0.0879. The van der Waals surface area contributed by atoms with Gasteiger partial charge < -0.3 is 19.5 Å². The Morgan fingerprint density at radius 1 is 1.07 bits per heavy atom. The van der Waals surface area contributed by atoms with Crippen LogP contribution in [0.25, 0.3) is 0 Å². The van der Waals surface area contributed by atoms with Gasteiger partial charge in [-0.2, -0.15) is 0 Å². The third-order valence-corrected chi connectivity index (χ3v) is 5.60. The van der Waals surface area contributed by atoms with Crippen LogP contribution < -0.4 is 14.8 Å². The van der Waals surface area contributed by atoms with Crippen molar-refractivity contribution in [2.45, 2.75) is 43.7 Å². The summed E-state index contributed by atoms with van der Waals surface area (Å²) >= 11 is 0. The fourth-order valence-corrected chi connectivity index (χ4v) is 4.15. The van der Waals surface area contributed by atoms with E-state index in [2.05, 4.69) is 17.4 Å². The smallest absolute Gasteiger partial charge is 0.254 e. The van der Waals surface area contributed by atoms with Crippen molar-refractivity contribution in [3.8, 4) is 11.5 Å². The van der Waals surface area contributed by atoms with E-state index in [0.29, 0.717) is 5.75 Å². The van der Waals surface area contributed by atoms with E-state index in [1.54, 1.807) is 7.11 Å². The summed E-state index contributed by atoms with van der Waals surface area (Å²) in [5.41, 5.74) is 1.54. The van der Waals surface area contributed by atoms with Gasteiger partial charge in [-0.25, -0.2) is 0 Å². The standard InChI is InChI=1S/C22H25NO4/c1-25-17-11-9-16(10-12-17)22(13-5-2-6-14-22)23-21(24)20-18-7-3-4-8-19(18)26-15-27-20/h3-4,7-12,20H,2,5-6,13-15H2,1H3,(H,23,24)/t20-/m0/s1. The first kappa shape index (κ1) is 17.9. The number of rotatable bonds is 4. The lowest BCUT2D eigenvalue weighted by atomic mass is 9.76. The Morgan fingerprint density at radius 3 is 2.56 bits per heavy atom. The number of benzene rings is 2. The molecule has 1 saturated carbocycles. The Morgan fingerprint density at radius 2 is 1.81 bits per heavy atom. The highest BCUT2D eigenvalue weighted by atomic mass is 16.7. The van der Waals surface area contributed by atoms with Crippen LogP contribution in [0.15, 0.2) is 48.5 Å². The molecule has 2 aromatic rings. The van der Waals surface area contributed by atoms with Crippen molar-refractivity contribution >= 4 is 5.91 Å². The summed E-state index contributed by atoms with van der Waals surface area (Å²) < 4.78 is 16.5. The number of hydrogen-bond acceptors (Lipinski definition) is 4. The predicted molar refractivity (Wildman–Crippen MR) is 102 cm³/mol. The number of para-hydroxylation sites is 1. The molecule has 2 aliphatic rings. The minimum Gasteiger partial charge on any atom is -0.497 e. The first-order valence-corrected chi connectivity index (χ1v) is 9.52. The average Bonchev–Trinajstić information content (AvgIpc) is 2.74. The topological polar surface area (TPSA) is 56.8 Å². The lowest BCUT2D eigenvalue weighted by Gasteiger charge is -2.40. The number of hydrogen-bond donors (Lipinski definition) is 1. The third-order valence-electron chi connectivity index (χ3n) is 5.60. The van der Waals surface area contributed by atoms with Crippen LogP contribution in [0.4, 0.5) is 0 Å². The predicted octanol–water partition coefficient (Wildman–Crippen LogP) is 4.08. The van der Waals surface area contributed by atoms with Crippen LogP contribution in [0, 0.1) is 0 Å². The molecule has 5 heteroatoms. The van der Waals surface area contributed by atoms with Crippen molar-refractivity contribution in [2.75, 3.05) is 13.9 Å². The van der Waals surface area contributed by atoms with E-state index >= 15 is 0 Å². The van der Waals surface area contributed by atoms with Crippen LogP contribution in [0.1, 0.15) is 49.3 Å². The normalized spacial score (nSPS) is 20.9. The largest absolute Gasteiger partial charge is 0.497 e. The van der Waals surface area contributed by atoms with Crippen molar-refractivity contribution < 1.29 is 19.0 Å². The Hall–Kier alpha value is -2.53. The molecule has 1 fully saturated rings. The summed E-state index contributed by atoms with van der Waals surface area (Å²) in [5.74, 6) is 1.42. The molecule has 1 N–H and O–H groups in total. The van der Waals surface area contributed by atoms with Gasteiger partial charge in [-0.05, 0) is 36.6 Å². The Balaban J connectivity index is 1.61. The summed E-state index contributed by atoms with van der Waals surface area (Å²) in [6.07, 6.45) is 4.60. The number of ether oxygens (including phenoxy) is 3. The summed E-state index contributed by atoms with van der Waals surface area (Å²) in [4.78, 5) is 13.2. The quantitative estimate of drug-likeness (QED) is 0.885. The van der Waals surface area contributed by atoms with E-state index in [-0.39, 0.29) is 18.2 Å². The van der Waals surface area contributed by atoms with E-state index in [9.17, 15) is 4.79 Å². The first-order valence-electron chi connectivity index (χ1n) is 9.52. The van der Waals surface area contributed by atoms with Gasteiger partial charge in [0, 0.05) is 5.56 Å². The zero-order chi connectivity index (χ0) is 18.7. The van der Waals surface area contributed by atoms with Gasteiger partial charge in [0.05, 0.1) is 12.6 Å². The molecule has 1 aliphatic carbocycles. The zero-order valence-corrected chi connectivity index (χ0v) is 15.6. The van der Waals surface area contributed by atoms with Gasteiger partial charge in [0.2, 0.25) is 0 Å². The molecule has 27 heavy (non-hydrogen) atoms. The molecule has 1 amide bonds. The molecular formula is C22H25NO4. The molecule has 0 bridgehead atoms.